The van der Waals surface area contributed by atoms with Crippen molar-refractivity contribution in [2.24, 2.45) is 5.10 Å². The zero-order chi connectivity index (χ0) is 15.6. The van der Waals surface area contributed by atoms with E-state index < -0.39 is 0 Å². The molecule has 0 amide bonds. The van der Waals surface area contributed by atoms with Gasteiger partial charge >= 0.3 is 0 Å². The Kier molecular flexibility index (Phi) is 5.16. The number of aromatic nitrogens is 3. The average molecular weight is 401 g/mol. The summed E-state index contributed by atoms with van der Waals surface area (Å²) in [7, 11) is 0. The molecule has 0 radical (unpaired) electrons. The van der Waals surface area contributed by atoms with E-state index in [0.717, 1.165) is 40.0 Å². The van der Waals surface area contributed by atoms with Crippen molar-refractivity contribution in [2.75, 3.05) is 5.75 Å². The minimum absolute atomic E-state index is 0. The van der Waals surface area contributed by atoms with Crippen molar-refractivity contribution in [3.8, 4) is 11.4 Å². The van der Waals surface area contributed by atoms with Gasteiger partial charge in [-0.2, -0.15) is 9.78 Å². The number of benzene rings is 2. The van der Waals surface area contributed by atoms with Gasteiger partial charge in [0.25, 0.3) is 0 Å². The van der Waals surface area contributed by atoms with Crippen LogP contribution in [0.15, 0.2) is 64.9 Å². The first-order chi connectivity index (χ1) is 11.3. The zero-order valence-corrected chi connectivity index (χ0v) is 15.7. The molecule has 0 saturated carbocycles. The lowest BCUT2D eigenvalue weighted by atomic mass is 10.1. The Morgan fingerprint density at radius 1 is 0.958 bits per heavy atom. The van der Waals surface area contributed by atoms with Crippen LogP contribution in [0.3, 0.4) is 0 Å². The molecule has 1 aliphatic heterocycles. The number of halogens is 1. The minimum Gasteiger partial charge on any atom is -0.187 e. The van der Waals surface area contributed by atoms with Crippen molar-refractivity contribution >= 4 is 34.5 Å². The summed E-state index contributed by atoms with van der Waals surface area (Å²) in [6.45, 7) is 2.17. The predicted octanol–water partition coefficient (Wildman–Crippen LogP) is 4.44. The van der Waals surface area contributed by atoms with Crippen LogP contribution in [0.5, 0.6) is 0 Å². The molecule has 1 aromatic heterocycles. The number of rotatable bonds is 3. The van der Waals surface area contributed by atoms with Crippen LogP contribution < -0.4 is 0 Å². The van der Waals surface area contributed by atoms with E-state index in [1.54, 1.807) is 11.8 Å². The summed E-state index contributed by atoms with van der Waals surface area (Å²) in [6.07, 6.45) is 1.05. The maximum Gasteiger partial charge on any atom is 0.212 e. The molecule has 4 nitrogen and oxygen atoms in total. The van der Waals surface area contributed by atoms with E-state index in [4.69, 9.17) is 5.10 Å². The third kappa shape index (κ3) is 3.16. The Bertz CT molecular complexity index is 856. The lowest BCUT2D eigenvalue weighted by molar-refractivity contribution is 0.762. The third-order valence-electron chi connectivity index (χ3n) is 3.90. The summed E-state index contributed by atoms with van der Waals surface area (Å²) in [6, 6.07) is 18.7. The normalized spacial score (nSPS) is 13.0. The van der Waals surface area contributed by atoms with Crippen molar-refractivity contribution in [3.05, 3.63) is 65.7 Å². The highest BCUT2D eigenvalue weighted by Gasteiger charge is 2.20. The molecule has 0 saturated heterocycles. The minimum atomic E-state index is 0. The van der Waals surface area contributed by atoms with Crippen LogP contribution in [0, 0.1) is 0 Å². The molecule has 24 heavy (non-hydrogen) atoms. The first kappa shape index (κ1) is 16.9. The molecule has 0 bridgehead atoms. The summed E-state index contributed by atoms with van der Waals surface area (Å²) < 4.78 is 1.85. The van der Waals surface area contributed by atoms with E-state index in [2.05, 4.69) is 41.4 Å². The largest absolute Gasteiger partial charge is 0.212 e. The van der Waals surface area contributed by atoms with Crippen molar-refractivity contribution in [3.63, 3.8) is 0 Å². The Morgan fingerprint density at radius 2 is 1.71 bits per heavy atom. The second-order valence-electron chi connectivity index (χ2n) is 5.37. The highest BCUT2D eigenvalue weighted by Crippen LogP contribution is 2.28. The summed E-state index contributed by atoms with van der Waals surface area (Å²) in [4.78, 5) is 0. The Morgan fingerprint density at radius 3 is 2.42 bits per heavy atom. The Balaban J connectivity index is 0.00000169. The van der Waals surface area contributed by atoms with Crippen LogP contribution in [0.4, 0.5) is 0 Å². The topological polar surface area (TPSA) is 43.1 Å². The molecule has 0 aliphatic carbocycles. The standard InChI is InChI=1S/C18H16N4S.BrH/c1-2-13-8-10-14(11-9-13)16-12-23-18-20-19-17(22(18)21-16)15-6-4-3-5-7-15;/h3-11H,2,12H2,1H3;1H. The van der Waals surface area contributed by atoms with Gasteiger partial charge in [0, 0.05) is 11.3 Å². The van der Waals surface area contributed by atoms with Crippen molar-refractivity contribution in [1.29, 1.82) is 0 Å². The van der Waals surface area contributed by atoms with Gasteiger partial charge < -0.3 is 0 Å². The fourth-order valence-electron chi connectivity index (χ4n) is 2.57. The molecular formula is C18H17BrN4S. The quantitative estimate of drug-likeness (QED) is 0.652. The van der Waals surface area contributed by atoms with Crippen LogP contribution in [-0.4, -0.2) is 26.3 Å². The smallest absolute Gasteiger partial charge is 0.187 e. The predicted molar refractivity (Wildman–Crippen MR) is 104 cm³/mol. The monoisotopic (exact) mass is 400 g/mol. The maximum absolute atomic E-state index is 4.79. The average Bonchev–Trinajstić information content (AvgIpc) is 3.05. The number of thioether (sulfide) groups is 1. The molecule has 0 atom stereocenters. The van der Waals surface area contributed by atoms with Gasteiger partial charge in [-0.25, -0.2) is 0 Å². The number of aryl methyl sites for hydroxylation is 1. The maximum atomic E-state index is 4.79. The van der Waals surface area contributed by atoms with Gasteiger partial charge in [-0.15, -0.1) is 27.2 Å². The van der Waals surface area contributed by atoms with Crippen LogP contribution in [0.1, 0.15) is 18.1 Å². The van der Waals surface area contributed by atoms with Gasteiger partial charge in [0.15, 0.2) is 5.82 Å². The Labute approximate surface area is 155 Å². The second kappa shape index (κ2) is 7.32. The molecule has 122 valence electrons. The van der Waals surface area contributed by atoms with Crippen molar-refractivity contribution in [1.82, 2.24) is 14.9 Å². The summed E-state index contributed by atoms with van der Waals surface area (Å²) in [5, 5.41) is 14.2. The first-order valence-electron chi connectivity index (χ1n) is 7.66. The van der Waals surface area contributed by atoms with E-state index in [-0.39, 0.29) is 17.0 Å². The lowest BCUT2D eigenvalue weighted by Crippen LogP contribution is -2.13. The highest BCUT2D eigenvalue weighted by atomic mass is 79.9. The van der Waals surface area contributed by atoms with E-state index in [9.17, 15) is 0 Å². The number of fused-ring (bicyclic) bond motifs is 1. The summed E-state index contributed by atoms with van der Waals surface area (Å²) in [5.74, 6) is 1.61. The summed E-state index contributed by atoms with van der Waals surface area (Å²) >= 11 is 1.68. The van der Waals surface area contributed by atoms with Crippen LogP contribution in [-0.2, 0) is 6.42 Å². The van der Waals surface area contributed by atoms with Crippen LogP contribution >= 0.6 is 28.7 Å². The van der Waals surface area contributed by atoms with E-state index >= 15 is 0 Å². The van der Waals surface area contributed by atoms with Gasteiger partial charge in [-0.05, 0) is 17.5 Å². The first-order valence-corrected chi connectivity index (χ1v) is 8.64. The molecule has 6 heteroatoms. The number of hydrogen-bond acceptors (Lipinski definition) is 4. The molecule has 0 N–H and O–H groups in total. The van der Waals surface area contributed by atoms with E-state index in [1.807, 2.05) is 35.0 Å². The number of nitrogens with zero attached hydrogens (tertiary/aromatic N) is 4. The molecular weight excluding hydrogens is 384 g/mol. The molecule has 2 heterocycles. The molecule has 2 aromatic carbocycles. The van der Waals surface area contributed by atoms with Gasteiger partial charge in [0.2, 0.25) is 5.16 Å². The van der Waals surface area contributed by atoms with Gasteiger partial charge in [0.05, 0.1) is 5.71 Å². The molecule has 3 aromatic rings. The highest BCUT2D eigenvalue weighted by molar-refractivity contribution is 8.93. The Hall–Kier alpha value is -1.92. The zero-order valence-electron chi connectivity index (χ0n) is 13.2. The molecule has 4 rings (SSSR count). The molecule has 0 fully saturated rings. The number of hydrogen-bond donors (Lipinski definition) is 0. The lowest BCUT2D eigenvalue weighted by Gasteiger charge is -2.14. The van der Waals surface area contributed by atoms with Crippen LogP contribution in [0.25, 0.3) is 11.4 Å². The van der Waals surface area contributed by atoms with Crippen molar-refractivity contribution in [2.45, 2.75) is 18.5 Å². The molecule has 0 unspecified atom stereocenters. The second-order valence-corrected chi connectivity index (χ2v) is 6.31. The molecule has 1 aliphatic rings. The van der Waals surface area contributed by atoms with E-state index in [0.29, 0.717) is 0 Å². The fraction of sp³-hybridized carbons (Fsp3) is 0.167. The van der Waals surface area contributed by atoms with Gasteiger partial charge in [-0.1, -0.05) is 73.3 Å². The van der Waals surface area contributed by atoms with E-state index in [1.165, 1.54) is 5.56 Å². The van der Waals surface area contributed by atoms with Crippen molar-refractivity contribution < 1.29 is 0 Å². The van der Waals surface area contributed by atoms with Gasteiger partial charge in [0.1, 0.15) is 0 Å². The summed E-state index contributed by atoms with van der Waals surface area (Å²) in [5.41, 5.74) is 4.58. The third-order valence-corrected chi connectivity index (χ3v) is 4.83. The SMILES string of the molecule is Br.CCc1ccc(C2=Nn3c(nnc3-c3ccccc3)SC2)cc1. The van der Waals surface area contributed by atoms with Gasteiger partial charge in [-0.3, -0.25) is 0 Å². The molecule has 0 spiro atoms. The van der Waals surface area contributed by atoms with Crippen LogP contribution in [0.2, 0.25) is 0 Å². The fourth-order valence-corrected chi connectivity index (χ4v) is 3.41.